The number of imide groups is 1. The summed E-state index contributed by atoms with van der Waals surface area (Å²) < 4.78 is 0. The van der Waals surface area contributed by atoms with Crippen molar-refractivity contribution in [2.45, 2.75) is 20.8 Å². The Morgan fingerprint density at radius 2 is 1.39 bits per heavy atom. The first-order chi connectivity index (χ1) is 14.9. The highest BCUT2D eigenvalue weighted by molar-refractivity contribution is 6.46. The molecule has 5 heteroatoms. The molecule has 0 spiro atoms. The van der Waals surface area contributed by atoms with Gasteiger partial charge in [0.25, 0.3) is 11.8 Å². The summed E-state index contributed by atoms with van der Waals surface area (Å²) in [6, 6.07) is 21.9. The van der Waals surface area contributed by atoms with Crippen LogP contribution in [-0.2, 0) is 9.59 Å². The maximum atomic E-state index is 13.4. The fourth-order valence-corrected chi connectivity index (χ4v) is 3.74. The van der Waals surface area contributed by atoms with E-state index < -0.39 is 11.8 Å². The lowest BCUT2D eigenvalue weighted by Crippen LogP contribution is -2.32. The molecule has 31 heavy (non-hydrogen) atoms. The highest BCUT2D eigenvalue weighted by Crippen LogP contribution is 2.34. The summed E-state index contributed by atoms with van der Waals surface area (Å²) in [4.78, 5) is 28.0. The third-order valence-electron chi connectivity index (χ3n) is 5.17. The molecule has 152 valence electrons. The van der Waals surface area contributed by atoms with Crippen molar-refractivity contribution in [3.05, 3.63) is 100 Å². The quantitative estimate of drug-likeness (QED) is 0.626. The van der Waals surface area contributed by atoms with E-state index in [1.165, 1.54) is 0 Å². The van der Waals surface area contributed by atoms with E-state index in [0.29, 0.717) is 22.4 Å². The smallest absolute Gasteiger partial charge is 0.282 e. The summed E-state index contributed by atoms with van der Waals surface area (Å²) >= 11 is 0. The lowest BCUT2D eigenvalue weighted by molar-refractivity contribution is -0.120. The van der Waals surface area contributed by atoms with Crippen LogP contribution in [0.2, 0.25) is 0 Å². The molecule has 1 N–H and O–H groups in total. The van der Waals surface area contributed by atoms with Crippen molar-refractivity contribution in [3.63, 3.8) is 0 Å². The van der Waals surface area contributed by atoms with Crippen molar-refractivity contribution < 1.29 is 9.59 Å². The van der Waals surface area contributed by atoms with Crippen LogP contribution in [0, 0.1) is 32.1 Å². The molecule has 2 amide bonds. The van der Waals surface area contributed by atoms with Gasteiger partial charge in [0, 0.05) is 5.69 Å². The molecule has 0 saturated heterocycles. The molecule has 0 bridgehead atoms. The van der Waals surface area contributed by atoms with Crippen LogP contribution in [0.25, 0.3) is 5.57 Å². The van der Waals surface area contributed by atoms with Crippen LogP contribution in [0.3, 0.4) is 0 Å². The van der Waals surface area contributed by atoms with Gasteiger partial charge in [0.1, 0.15) is 5.70 Å². The van der Waals surface area contributed by atoms with E-state index >= 15 is 0 Å². The first-order valence-corrected chi connectivity index (χ1v) is 9.93. The maximum Gasteiger partial charge on any atom is 0.282 e. The van der Waals surface area contributed by atoms with Crippen LogP contribution in [0.15, 0.2) is 72.4 Å². The zero-order valence-corrected chi connectivity index (χ0v) is 17.6. The molecular weight excluding hydrogens is 386 g/mol. The molecule has 3 aromatic carbocycles. The average Bonchev–Trinajstić information content (AvgIpc) is 2.98. The van der Waals surface area contributed by atoms with Crippen molar-refractivity contribution in [2.24, 2.45) is 0 Å². The predicted octanol–water partition coefficient (Wildman–Crippen LogP) is 4.88. The Hall–Kier alpha value is -4.17. The van der Waals surface area contributed by atoms with Crippen LogP contribution in [0.1, 0.15) is 27.8 Å². The fraction of sp³-hybridized carbons (Fsp3) is 0.115. The van der Waals surface area contributed by atoms with Gasteiger partial charge in [-0.2, -0.15) is 5.26 Å². The second kappa shape index (κ2) is 7.92. The Bertz CT molecular complexity index is 1240. The number of benzene rings is 3. The molecule has 1 aliphatic heterocycles. The number of aryl methyl sites for hydroxylation is 3. The number of hydrogen-bond acceptors (Lipinski definition) is 4. The number of hydrogen-bond donors (Lipinski definition) is 1. The van der Waals surface area contributed by atoms with Gasteiger partial charge in [0.2, 0.25) is 0 Å². The monoisotopic (exact) mass is 407 g/mol. The summed E-state index contributed by atoms with van der Waals surface area (Å²) in [5.74, 6) is -0.824. The molecule has 1 heterocycles. The summed E-state index contributed by atoms with van der Waals surface area (Å²) in [6.45, 7) is 5.94. The highest BCUT2D eigenvalue weighted by Gasteiger charge is 2.40. The van der Waals surface area contributed by atoms with Crippen molar-refractivity contribution in [1.82, 2.24) is 0 Å². The predicted molar refractivity (Wildman–Crippen MR) is 121 cm³/mol. The lowest BCUT2D eigenvalue weighted by atomic mass is 10.0. The topological polar surface area (TPSA) is 73.2 Å². The van der Waals surface area contributed by atoms with Gasteiger partial charge in [-0.05, 0) is 73.9 Å². The fourth-order valence-electron chi connectivity index (χ4n) is 3.74. The van der Waals surface area contributed by atoms with E-state index in [4.69, 9.17) is 5.26 Å². The average molecular weight is 407 g/mol. The summed E-state index contributed by atoms with van der Waals surface area (Å²) in [5.41, 5.74) is 6.05. The van der Waals surface area contributed by atoms with Crippen molar-refractivity contribution >= 4 is 28.8 Å². The first-order valence-electron chi connectivity index (χ1n) is 9.93. The standard InChI is InChI=1S/C26H21N3O2/c1-16-4-8-20(9-5-16)23-24(28-21-13-17(2)12-18(3)14-21)26(31)29(25(23)30)22-10-6-19(15-27)7-11-22/h4-14,28H,1-3H3. The Morgan fingerprint density at radius 3 is 1.97 bits per heavy atom. The van der Waals surface area contributed by atoms with Crippen LogP contribution in [0.5, 0.6) is 0 Å². The van der Waals surface area contributed by atoms with Gasteiger partial charge in [0.15, 0.2) is 0 Å². The normalized spacial score (nSPS) is 13.5. The third-order valence-corrected chi connectivity index (χ3v) is 5.17. The van der Waals surface area contributed by atoms with Gasteiger partial charge in [-0.1, -0.05) is 35.9 Å². The van der Waals surface area contributed by atoms with Gasteiger partial charge in [-0.3, -0.25) is 9.59 Å². The summed E-state index contributed by atoms with van der Waals surface area (Å²) in [5, 5.41) is 12.2. The zero-order valence-electron chi connectivity index (χ0n) is 17.6. The van der Waals surface area contributed by atoms with E-state index in [9.17, 15) is 9.59 Å². The van der Waals surface area contributed by atoms with E-state index in [1.54, 1.807) is 24.3 Å². The molecule has 5 nitrogen and oxygen atoms in total. The molecule has 4 rings (SSSR count). The van der Waals surface area contributed by atoms with Gasteiger partial charge in [0.05, 0.1) is 22.9 Å². The molecule has 0 fully saturated rings. The van der Waals surface area contributed by atoms with Crippen molar-refractivity contribution in [2.75, 3.05) is 10.2 Å². The second-order valence-corrected chi connectivity index (χ2v) is 7.72. The Kier molecular flexibility index (Phi) is 5.14. The molecule has 3 aromatic rings. The Balaban J connectivity index is 1.82. The minimum Gasteiger partial charge on any atom is -0.350 e. The van der Waals surface area contributed by atoms with Crippen LogP contribution in [-0.4, -0.2) is 11.8 Å². The number of amides is 2. The minimum atomic E-state index is -0.426. The SMILES string of the molecule is Cc1ccc(C2=C(Nc3cc(C)cc(C)c3)C(=O)N(c3ccc(C#N)cc3)C2=O)cc1. The summed E-state index contributed by atoms with van der Waals surface area (Å²) in [7, 11) is 0. The molecule has 1 aliphatic rings. The van der Waals surface area contributed by atoms with E-state index in [2.05, 4.69) is 5.32 Å². The van der Waals surface area contributed by atoms with Gasteiger partial charge >= 0.3 is 0 Å². The number of carbonyl (C=O) groups excluding carboxylic acids is 2. The van der Waals surface area contributed by atoms with Crippen LogP contribution in [0.4, 0.5) is 11.4 Å². The lowest BCUT2D eigenvalue weighted by Gasteiger charge is -2.15. The Morgan fingerprint density at radius 1 is 0.774 bits per heavy atom. The number of rotatable bonds is 4. The van der Waals surface area contributed by atoms with E-state index in [-0.39, 0.29) is 5.70 Å². The highest BCUT2D eigenvalue weighted by atomic mass is 16.2. The first kappa shape index (κ1) is 20.1. The second-order valence-electron chi connectivity index (χ2n) is 7.72. The number of nitriles is 1. The molecule has 0 radical (unpaired) electrons. The number of carbonyl (C=O) groups is 2. The van der Waals surface area contributed by atoms with E-state index in [0.717, 1.165) is 27.3 Å². The van der Waals surface area contributed by atoms with Crippen molar-refractivity contribution in [3.8, 4) is 6.07 Å². The molecule has 0 aromatic heterocycles. The molecular formula is C26H21N3O2. The van der Waals surface area contributed by atoms with Crippen LogP contribution < -0.4 is 10.2 Å². The largest absolute Gasteiger partial charge is 0.350 e. The Labute approximate surface area is 181 Å². The van der Waals surface area contributed by atoms with Gasteiger partial charge in [-0.15, -0.1) is 0 Å². The van der Waals surface area contributed by atoms with E-state index in [1.807, 2.05) is 69.3 Å². The number of nitrogens with zero attached hydrogens (tertiary/aromatic N) is 2. The number of anilines is 2. The third kappa shape index (κ3) is 3.84. The van der Waals surface area contributed by atoms with Gasteiger partial charge in [-0.25, -0.2) is 4.90 Å². The molecule has 0 aliphatic carbocycles. The molecule has 0 unspecified atom stereocenters. The minimum absolute atomic E-state index is 0.239. The summed E-state index contributed by atoms with van der Waals surface area (Å²) in [6.07, 6.45) is 0. The number of nitrogens with one attached hydrogen (secondary N) is 1. The zero-order chi connectivity index (χ0) is 22.1. The van der Waals surface area contributed by atoms with Crippen molar-refractivity contribution in [1.29, 1.82) is 5.26 Å². The maximum absolute atomic E-state index is 13.4. The molecule has 0 saturated carbocycles. The van der Waals surface area contributed by atoms with Crippen LogP contribution >= 0.6 is 0 Å². The molecule has 0 atom stereocenters. The van der Waals surface area contributed by atoms with Gasteiger partial charge < -0.3 is 5.32 Å².